The molecule has 2 bridgehead atoms. The molecule has 0 aromatic heterocycles. The number of fused-ring (bicyclic) bond motifs is 2. The highest BCUT2D eigenvalue weighted by Crippen LogP contribution is 2.55. The lowest BCUT2D eigenvalue weighted by molar-refractivity contribution is -0.131. The predicted octanol–water partition coefficient (Wildman–Crippen LogP) is 1.32. The summed E-state index contributed by atoms with van der Waals surface area (Å²) in [5.41, 5.74) is 6.14. The third-order valence-corrected chi connectivity index (χ3v) is 4.82. The molecule has 0 unspecified atom stereocenters. The van der Waals surface area contributed by atoms with Crippen molar-refractivity contribution in [2.24, 2.45) is 11.1 Å². The summed E-state index contributed by atoms with van der Waals surface area (Å²) in [5.74, 6) is 0.303. The quantitative estimate of drug-likeness (QED) is 0.719. The molecule has 0 spiro atoms. The van der Waals surface area contributed by atoms with E-state index in [1.165, 1.54) is 19.3 Å². The summed E-state index contributed by atoms with van der Waals surface area (Å²) in [7, 11) is 0. The first-order valence-electron chi connectivity index (χ1n) is 6.22. The van der Waals surface area contributed by atoms with Crippen molar-refractivity contribution in [3.05, 3.63) is 0 Å². The number of hydrogen-bond donors (Lipinski definition) is 2. The Labute approximate surface area is 90.8 Å². The fraction of sp³-hybridized carbons (Fsp3) is 0.917. The van der Waals surface area contributed by atoms with Crippen LogP contribution in [0.25, 0.3) is 0 Å². The number of carbonyl (C=O) groups is 1. The summed E-state index contributed by atoms with van der Waals surface area (Å²) >= 11 is 0. The fourth-order valence-corrected chi connectivity index (χ4v) is 3.45. The minimum absolute atomic E-state index is 0.00302. The van der Waals surface area contributed by atoms with Gasteiger partial charge in [-0.1, -0.05) is 0 Å². The molecule has 0 aromatic rings. The van der Waals surface area contributed by atoms with E-state index < -0.39 is 0 Å². The van der Waals surface area contributed by atoms with Gasteiger partial charge in [-0.15, -0.1) is 0 Å². The summed E-state index contributed by atoms with van der Waals surface area (Å²) in [6, 6.07) is 0.472. The van der Waals surface area contributed by atoms with E-state index in [9.17, 15) is 4.79 Å². The molecule has 0 heterocycles. The van der Waals surface area contributed by atoms with Crippen molar-refractivity contribution in [1.29, 1.82) is 0 Å². The molecule has 0 atom stereocenters. The van der Waals surface area contributed by atoms with Crippen molar-refractivity contribution in [3.8, 4) is 0 Å². The van der Waals surface area contributed by atoms with E-state index in [-0.39, 0.29) is 11.0 Å². The highest BCUT2D eigenvalue weighted by atomic mass is 16.2. The van der Waals surface area contributed by atoms with Crippen LogP contribution < -0.4 is 11.1 Å². The van der Waals surface area contributed by atoms with Crippen LogP contribution in [0.15, 0.2) is 0 Å². The maximum Gasteiger partial charge on any atom is 0.226 e. The molecule has 1 amide bonds. The summed E-state index contributed by atoms with van der Waals surface area (Å²) in [6.45, 7) is 0. The Morgan fingerprint density at radius 3 is 2.27 bits per heavy atom. The third-order valence-electron chi connectivity index (χ3n) is 4.82. The topological polar surface area (TPSA) is 55.1 Å². The molecule has 0 radical (unpaired) electrons. The van der Waals surface area contributed by atoms with Crippen LogP contribution in [0.4, 0.5) is 0 Å². The van der Waals surface area contributed by atoms with Crippen molar-refractivity contribution in [2.75, 3.05) is 0 Å². The van der Waals surface area contributed by atoms with Gasteiger partial charge in [0.05, 0.1) is 5.41 Å². The summed E-state index contributed by atoms with van der Waals surface area (Å²) in [5, 5.41) is 3.20. The molecular weight excluding hydrogens is 188 g/mol. The van der Waals surface area contributed by atoms with Crippen molar-refractivity contribution < 1.29 is 4.79 Å². The zero-order valence-corrected chi connectivity index (χ0v) is 9.22. The van der Waals surface area contributed by atoms with Gasteiger partial charge in [-0.05, 0) is 51.4 Å². The van der Waals surface area contributed by atoms with Gasteiger partial charge in [0.15, 0.2) is 0 Å². The summed E-state index contributed by atoms with van der Waals surface area (Å²) < 4.78 is 0. The summed E-state index contributed by atoms with van der Waals surface area (Å²) in [4.78, 5) is 12.2. The van der Waals surface area contributed by atoms with Crippen LogP contribution in [0.5, 0.6) is 0 Å². The van der Waals surface area contributed by atoms with E-state index in [1.807, 2.05) is 0 Å². The molecule has 3 nitrogen and oxygen atoms in total. The van der Waals surface area contributed by atoms with Crippen molar-refractivity contribution in [3.63, 3.8) is 0 Å². The minimum Gasteiger partial charge on any atom is -0.353 e. The molecule has 0 aromatic carbocycles. The molecule has 3 rings (SSSR count). The first-order valence-corrected chi connectivity index (χ1v) is 6.22. The number of carbonyl (C=O) groups excluding carboxylic acids is 1. The second-order valence-electron chi connectivity index (χ2n) is 5.92. The van der Waals surface area contributed by atoms with E-state index in [1.54, 1.807) is 0 Å². The Morgan fingerprint density at radius 2 is 1.87 bits per heavy atom. The number of nitrogens with one attached hydrogen (secondary N) is 1. The first kappa shape index (κ1) is 9.64. The standard InChI is InChI=1S/C12H20N2O/c13-12-6-4-11(8-12,5-7-12)10(15)14-9-2-1-3-9/h9H,1-8,13H2,(H,14,15). The lowest BCUT2D eigenvalue weighted by Gasteiger charge is -2.32. The van der Waals surface area contributed by atoms with Crippen LogP contribution in [0.3, 0.4) is 0 Å². The van der Waals surface area contributed by atoms with Crippen LogP contribution in [-0.4, -0.2) is 17.5 Å². The van der Waals surface area contributed by atoms with Gasteiger partial charge in [-0.3, -0.25) is 4.79 Å². The van der Waals surface area contributed by atoms with Gasteiger partial charge >= 0.3 is 0 Å². The Morgan fingerprint density at radius 1 is 1.20 bits per heavy atom. The molecule has 3 N–H and O–H groups in total. The van der Waals surface area contributed by atoms with Gasteiger partial charge in [-0.2, -0.15) is 0 Å². The van der Waals surface area contributed by atoms with E-state index in [0.717, 1.165) is 32.1 Å². The third kappa shape index (κ3) is 1.40. The minimum atomic E-state index is -0.0790. The van der Waals surface area contributed by atoms with Gasteiger partial charge < -0.3 is 11.1 Å². The zero-order valence-electron chi connectivity index (χ0n) is 9.22. The molecule has 0 aliphatic heterocycles. The molecule has 0 saturated heterocycles. The van der Waals surface area contributed by atoms with Crippen LogP contribution in [-0.2, 0) is 4.79 Å². The Balaban J connectivity index is 1.68. The average molecular weight is 208 g/mol. The average Bonchev–Trinajstić information content (AvgIpc) is 2.65. The number of rotatable bonds is 2. The molecule has 3 heteroatoms. The maximum absolute atomic E-state index is 12.2. The first-order chi connectivity index (χ1) is 7.12. The smallest absolute Gasteiger partial charge is 0.226 e. The molecule has 84 valence electrons. The van der Waals surface area contributed by atoms with Crippen molar-refractivity contribution in [1.82, 2.24) is 5.32 Å². The van der Waals surface area contributed by atoms with Crippen LogP contribution in [0.1, 0.15) is 51.4 Å². The van der Waals surface area contributed by atoms with Crippen LogP contribution in [0.2, 0.25) is 0 Å². The zero-order chi connectivity index (χ0) is 10.5. The van der Waals surface area contributed by atoms with E-state index in [2.05, 4.69) is 5.32 Å². The molecule has 15 heavy (non-hydrogen) atoms. The van der Waals surface area contributed by atoms with Crippen molar-refractivity contribution >= 4 is 5.91 Å². The highest BCUT2D eigenvalue weighted by Gasteiger charge is 2.56. The Hall–Kier alpha value is -0.570. The van der Waals surface area contributed by atoms with E-state index in [4.69, 9.17) is 5.73 Å². The van der Waals surface area contributed by atoms with E-state index in [0.29, 0.717) is 11.9 Å². The van der Waals surface area contributed by atoms with Crippen LogP contribution in [0, 0.1) is 5.41 Å². The predicted molar refractivity (Wildman–Crippen MR) is 58.2 cm³/mol. The lowest BCUT2D eigenvalue weighted by atomic mass is 9.82. The monoisotopic (exact) mass is 208 g/mol. The molecular formula is C12H20N2O. The van der Waals surface area contributed by atoms with Gasteiger partial charge in [0.2, 0.25) is 5.91 Å². The van der Waals surface area contributed by atoms with Crippen molar-refractivity contribution in [2.45, 2.75) is 62.9 Å². The second kappa shape index (κ2) is 2.97. The Bertz CT molecular complexity index is 288. The number of hydrogen-bond acceptors (Lipinski definition) is 2. The highest BCUT2D eigenvalue weighted by molar-refractivity contribution is 5.84. The maximum atomic E-state index is 12.2. The SMILES string of the molecule is NC12CCC(C(=O)NC3CCC3)(CC1)C2. The largest absolute Gasteiger partial charge is 0.353 e. The number of nitrogens with two attached hydrogens (primary N) is 1. The lowest BCUT2D eigenvalue weighted by Crippen LogP contribution is -2.46. The molecule has 3 aliphatic rings. The molecule has 3 fully saturated rings. The Kier molecular flexibility index (Phi) is 1.91. The second-order valence-corrected chi connectivity index (χ2v) is 5.92. The molecule has 3 saturated carbocycles. The van der Waals surface area contributed by atoms with Gasteiger partial charge in [0.1, 0.15) is 0 Å². The molecule has 3 aliphatic carbocycles. The number of amides is 1. The fourth-order valence-electron chi connectivity index (χ4n) is 3.45. The van der Waals surface area contributed by atoms with Gasteiger partial charge in [0, 0.05) is 11.6 Å². The van der Waals surface area contributed by atoms with E-state index >= 15 is 0 Å². The normalized spacial score (nSPS) is 44.1. The van der Waals surface area contributed by atoms with Gasteiger partial charge in [0.25, 0.3) is 0 Å². The van der Waals surface area contributed by atoms with Crippen LogP contribution >= 0.6 is 0 Å². The van der Waals surface area contributed by atoms with Gasteiger partial charge in [-0.25, -0.2) is 0 Å². The summed E-state index contributed by atoms with van der Waals surface area (Å²) in [6.07, 6.45) is 8.68.